The minimum absolute atomic E-state index is 0.0332. The van der Waals surface area contributed by atoms with E-state index >= 15 is 0 Å². The van der Waals surface area contributed by atoms with Crippen LogP contribution in [0.1, 0.15) is 48.7 Å². The number of rotatable bonds is 9. The van der Waals surface area contributed by atoms with Crippen LogP contribution in [0.3, 0.4) is 0 Å². The SMILES string of the molecule is C=CCN(Cc1ccc(OC)cc1)C(=O)CCNC(=O)c1ccc(C(C)(C)C)cc1. The minimum Gasteiger partial charge on any atom is -0.497 e. The second-order valence-corrected chi connectivity index (χ2v) is 8.24. The van der Waals surface area contributed by atoms with Gasteiger partial charge in [0, 0.05) is 31.6 Å². The molecule has 0 aliphatic carbocycles. The van der Waals surface area contributed by atoms with Crippen LogP contribution in [0.25, 0.3) is 0 Å². The first-order valence-electron chi connectivity index (χ1n) is 10.1. The number of carbonyl (C=O) groups is 2. The van der Waals surface area contributed by atoms with Crippen molar-refractivity contribution in [2.75, 3.05) is 20.2 Å². The monoisotopic (exact) mass is 408 g/mol. The molecule has 2 aromatic rings. The van der Waals surface area contributed by atoms with Gasteiger partial charge in [-0.15, -0.1) is 6.58 Å². The number of hydrogen-bond acceptors (Lipinski definition) is 3. The van der Waals surface area contributed by atoms with Gasteiger partial charge in [-0.1, -0.05) is 51.1 Å². The predicted molar refractivity (Wildman–Crippen MR) is 121 cm³/mol. The molecule has 0 atom stereocenters. The Morgan fingerprint density at radius 2 is 1.70 bits per heavy atom. The van der Waals surface area contributed by atoms with Gasteiger partial charge in [0.1, 0.15) is 5.75 Å². The Labute approximate surface area is 179 Å². The van der Waals surface area contributed by atoms with Crippen LogP contribution in [-0.2, 0) is 16.8 Å². The molecule has 0 heterocycles. The molecule has 0 bridgehead atoms. The molecule has 0 aliphatic rings. The van der Waals surface area contributed by atoms with E-state index in [4.69, 9.17) is 4.74 Å². The van der Waals surface area contributed by atoms with Gasteiger partial charge in [-0.2, -0.15) is 0 Å². The summed E-state index contributed by atoms with van der Waals surface area (Å²) in [7, 11) is 1.62. The van der Waals surface area contributed by atoms with E-state index in [1.165, 1.54) is 5.56 Å². The summed E-state index contributed by atoms with van der Waals surface area (Å²) in [5.74, 6) is 0.571. The van der Waals surface area contributed by atoms with E-state index in [2.05, 4.69) is 32.7 Å². The Hall–Kier alpha value is -3.08. The molecule has 2 aromatic carbocycles. The van der Waals surface area contributed by atoms with E-state index in [1.807, 2.05) is 48.5 Å². The first kappa shape index (κ1) is 23.2. The Kier molecular flexibility index (Phi) is 8.22. The van der Waals surface area contributed by atoms with Gasteiger partial charge in [-0.05, 0) is 40.8 Å². The molecular formula is C25H32N2O3. The van der Waals surface area contributed by atoms with Crippen molar-refractivity contribution < 1.29 is 14.3 Å². The number of amides is 2. The van der Waals surface area contributed by atoms with Gasteiger partial charge in [-0.25, -0.2) is 0 Å². The van der Waals surface area contributed by atoms with Crippen molar-refractivity contribution in [1.29, 1.82) is 0 Å². The smallest absolute Gasteiger partial charge is 0.251 e. The topological polar surface area (TPSA) is 58.6 Å². The largest absolute Gasteiger partial charge is 0.497 e. The van der Waals surface area contributed by atoms with E-state index in [0.29, 0.717) is 18.7 Å². The van der Waals surface area contributed by atoms with Crippen molar-refractivity contribution in [3.8, 4) is 5.75 Å². The minimum atomic E-state index is -0.173. The Morgan fingerprint density at radius 3 is 2.23 bits per heavy atom. The molecular weight excluding hydrogens is 376 g/mol. The van der Waals surface area contributed by atoms with Crippen LogP contribution in [0.5, 0.6) is 5.75 Å². The average Bonchev–Trinajstić information content (AvgIpc) is 2.73. The summed E-state index contributed by atoms with van der Waals surface area (Å²) in [5, 5.41) is 2.84. The lowest BCUT2D eigenvalue weighted by Crippen LogP contribution is -2.34. The number of methoxy groups -OCH3 is 1. The number of ether oxygens (including phenoxy) is 1. The number of nitrogens with zero attached hydrogens (tertiary/aromatic N) is 1. The van der Waals surface area contributed by atoms with E-state index in [9.17, 15) is 9.59 Å². The molecule has 0 unspecified atom stereocenters. The molecule has 0 saturated carbocycles. The van der Waals surface area contributed by atoms with Gasteiger partial charge in [-0.3, -0.25) is 9.59 Å². The lowest BCUT2D eigenvalue weighted by atomic mass is 9.87. The van der Waals surface area contributed by atoms with Gasteiger partial charge >= 0.3 is 0 Å². The zero-order valence-corrected chi connectivity index (χ0v) is 18.4. The molecule has 2 rings (SSSR count). The molecule has 0 spiro atoms. The third-order valence-electron chi connectivity index (χ3n) is 4.87. The number of nitrogens with one attached hydrogen (secondary N) is 1. The summed E-state index contributed by atoms with van der Waals surface area (Å²) in [6.45, 7) is 11.4. The maximum Gasteiger partial charge on any atom is 0.251 e. The molecule has 0 aromatic heterocycles. The number of hydrogen-bond donors (Lipinski definition) is 1. The maximum absolute atomic E-state index is 12.6. The van der Waals surface area contributed by atoms with Crippen molar-refractivity contribution in [3.05, 3.63) is 77.9 Å². The van der Waals surface area contributed by atoms with E-state index in [1.54, 1.807) is 18.1 Å². The number of carbonyl (C=O) groups excluding carboxylic acids is 2. The number of benzene rings is 2. The zero-order chi connectivity index (χ0) is 22.1. The van der Waals surface area contributed by atoms with Crippen molar-refractivity contribution in [1.82, 2.24) is 10.2 Å². The fourth-order valence-electron chi connectivity index (χ4n) is 3.03. The highest BCUT2D eigenvalue weighted by Crippen LogP contribution is 2.22. The quantitative estimate of drug-likeness (QED) is 0.629. The molecule has 5 nitrogen and oxygen atoms in total. The summed E-state index contributed by atoms with van der Waals surface area (Å²) in [4.78, 5) is 26.7. The molecule has 0 radical (unpaired) electrons. The van der Waals surface area contributed by atoms with E-state index < -0.39 is 0 Å². The summed E-state index contributed by atoms with van der Waals surface area (Å²) in [6, 6.07) is 15.2. The molecule has 2 amide bonds. The lowest BCUT2D eigenvalue weighted by Gasteiger charge is -2.21. The standard InChI is InChI=1S/C25H32N2O3/c1-6-17-27(18-19-7-13-22(30-5)14-8-19)23(28)15-16-26-24(29)20-9-11-21(12-10-20)25(2,3)4/h6-14H,1,15-18H2,2-5H3,(H,26,29). The zero-order valence-electron chi connectivity index (χ0n) is 18.4. The second-order valence-electron chi connectivity index (χ2n) is 8.24. The average molecular weight is 409 g/mol. The van der Waals surface area contributed by atoms with Crippen LogP contribution < -0.4 is 10.1 Å². The van der Waals surface area contributed by atoms with Gasteiger partial charge < -0.3 is 15.0 Å². The molecule has 160 valence electrons. The third-order valence-corrected chi connectivity index (χ3v) is 4.87. The van der Waals surface area contributed by atoms with Crippen LogP contribution >= 0.6 is 0 Å². The molecule has 0 saturated heterocycles. The molecule has 1 N–H and O–H groups in total. The lowest BCUT2D eigenvalue weighted by molar-refractivity contribution is -0.131. The second kappa shape index (κ2) is 10.6. The third kappa shape index (κ3) is 6.76. The predicted octanol–water partition coefficient (Wildman–Crippen LogP) is 4.33. The Bertz CT molecular complexity index is 849. The fraction of sp³-hybridized carbons (Fsp3) is 0.360. The fourth-order valence-corrected chi connectivity index (χ4v) is 3.03. The van der Waals surface area contributed by atoms with Crippen LogP contribution in [0.15, 0.2) is 61.2 Å². The van der Waals surface area contributed by atoms with Gasteiger partial charge in [0.25, 0.3) is 5.91 Å². The summed E-state index contributed by atoms with van der Waals surface area (Å²) in [6.07, 6.45) is 1.94. The van der Waals surface area contributed by atoms with Crippen molar-refractivity contribution in [3.63, 3.8) is 0 Å². The molecule has 5 heteroatoms. The van der Waals surface area contributed by atoms with E-state index in [-0.39, 0.29) is 30.2 Å². The normalized spacial score (nSPS) is 10.9. The van der Waals surface area contributed by atoms with Crippen molar-refractivity contribution >= 4 is 11.8 Å². The highest BCUT2D eigenvalue weighted by Gasteiger charge is 2.16. The summed E-state index contributed by atoms with van der Waals surface area (Å²) in [5.41, 5.74) is 2.82. The van der Waals surface area contributed by atoms with Gasteiger partial charge in [0.2, 0.25) is 5.91 Å². The van der Waals surface area contributed by atoms with Crippen molar-refractivity contribution in [2.24, 2.45) is 0 Å². The van der Waals surface area contributed by atoms with Crippen LogP contribution in [0.4, 0.5) is 0 Å². The summed E-state index contributed by atoms with van der Waals surface area (Å²) >= 11 is 0. The first-order valence-corrected chi connectivity index (χ1v) is 10.1. The maximum atomic E-state index is 12.6. The highest BCUT2D eigenvalue weighted by molar-refractivity contribution is 5.94. The summed E-state index contributed by atoms with van der Waals surface area (Å²) < 4.78 is 5.17. The van der Waals surface area contributed by atoms with Crippen LogP contribution in [0.2, 0.25) is 0 Å². The van der Waals surface area contributed by atoms with Gasteiger partial charge in [0.05, 0.1) is 7.11 Å². The van der Waals surface area contributed by atoms with Crippen LogP contribution in [0, 0.1) is 0 Å². The molecule has 30 heavy (non-hydrogen) atoms. The van der Waals surface area contributed by atoms with E-state index in [0.717, 1.165) is 11.3 Å². The Morgan fingerprint density at radius 1 is 1.07 bits per heavy atom. The molecule has 0 aliphatic heterocycles. The Balaban J connectivity index is 1.88. The molecule has 0 fully saturated rings. The van der Waals surface area contributed by atoms with Crippen molar-refractivity contribution in [2.45, 2.75) is 39.2 Å². The first-order chi connectivity index (χ1) is 14.2. The van der Waals surface area contributed by atoms with Crippen LogP contribution in [-0.4, -0.2) is 36.9 Å². The highest BCUT2D eigenvalue weighted by atomic mass is 16.5. The van der Waals surface area contributed by atoms with Gasteiger partial charge in [0.15, 0.2) is 0 Å².